The van der Waals surface area contributed by atoms with Crippen molar-refractivity contribution >= 4 is 5.69 Å². The van der Waals surface area contributed by atoms with Crippen molar-refractivity contribution in [3.05, 3.63) is 23.5 Å². The average Bonchev–Trinajstić information content (AvgIpc) is 2.03. The van der Waals surface area contributed by atoms with Gasteiger partial charge in [-0.15, -0.1) is 0 Å². The third-order valence-corrected chi connectivity index (χ3v) is 2.25. The van der Waals surface area contributed by atoms with E-state index in [1.165, 1.54) is 11.3 Å². The van der Waals surface area contributed by atoms with E-state index < -0.39 is 0 Å². The summed E-state index contributed by atoms with van der Waals surface area (Å²) in [5.74, 6) is 0. The van der Waals surface area contributed by atoms with Crippen LogP contribution in [0.1, 0.15) is 11.3 Å². The van der Waals surface area contributed by atoms with Gasteiger partial charge in [0.05, 0.1) is 11.9 Å². The molecule has 2 rings (SSSR count). The van der Waals surface area contributed by atoms with Crippen LogP contribution in [0.25, 0.3) is 0 Å². The topological polar surface area (TPSA) is 42.2 Å². The van der Waals surface area contributed by atoms with Gasteiger partial charge in [0.25, 0.3) is 0 Å². The van der Waals surface area contributed by atoms with Crippen LogP contribution in [0, 0.1) is 0 Å². The summed E-state index contributed by atoms with van der Waals surface area (Å²) in [5, 5.41) is 0. The molecule has 0 saturated heterocycles. The first-order chi connectivity index (χ1) is 5.75. The third kappa shape index (κ3) is 1.28. The first kappa shape index (κ1) is 7.55. The van der Waals surface area contributed by atoms with E-state index in [4.69, 9.17) is 5.73 Å². The predicted molar refractivity (Wildman–Crippen MR) is 48.7 cm³/mol. The van der Waals surface area contributed by atoms with Crippen LogP contribution in [-0.2, 0) is 13.0 Å². The first-order valence-corrected chi connectivity index (χ1v) is 4.17. The molecule has 3 heteroatoms. The van der Waals surface area contributed by atoms with E-state index in [9.17, 15) is 0 Å². The zero-order valence-corrected chi connectivity index (χ0v) is 7.25. The average molecular weight is 163 g/mol. The molecule has 0 saturated carbocycles. The fourth-order valence-electron chi connectivity index (χ4n) is 1.59. The van der Waals surface area contributed by atoms with Gasteiger partial charge in [-0.05, 0) is 18.7 Å². The Bertz CT molecular complexity index is 296. The fourth-order valence-corrected chi connectivity index (χ4v) is 1.59. The summed E-state index contributed by atoms with van der Waals surface area (Å²) in [6.45, 7) is 2.08. The van der Waals surface area contributed by atoms with Gasteiger partial charge in [0, 0.05) is 25.2 Å². The number of hydrogen-bond acceptors (Lipinski definition) is 3. The smallest absolute Gasteiger partial charge is 0.0504 e. The fraction of sp³-hybridized carbons (Fsp3) is 0.444. The van der Waals surface area contributed by atoms with Crippen LogP contribution in [0.5, 0.6) is 0 Å². The molecule has 12 heavy (non-hydrogen) atoms. The minimum absolute atomic E-state index is 0.768. The molecule has 1 aromatic heterocycles. The second-order valence-electron chi connectivity index (χ2n) is 3.36. The summed E-state index contributed by atoms with van der Waals surface area (Å²) < 4.78 is 0. The molecule has 1 aliphatic heterocycles. The lowest BCUT2D eigenvalue weighted by Gasteiger charge is -2.23. The third-order valence-electron chi connectivity index (χ3n) is 2.25. The molecule has 0 spiro atoms. The van der Waals surface area contributed by atoms with E-state index >= 15 is 0 Å². The van der Waals surface area contributed by atoms with Gasteiger partial charge < -0.3 is 10.6 Å². The summed E-state index contributed by atoms with van der Waals surface area (Å²) in [4.78, 5) is 6.58. The van der Waals surface area contributed by atoms with E-state index in [1.807, 2.05) is 6.07 Å². The lowest BCUT2D eigenvalue weighted by atomic mass is 10.1. The number of aromatic nitrogens is 1. The maximum absolute atomic E-state index is 5.65. The second kappa shape index (κ2) is 2.75. The van der Waals surface area contributed by atoms with Crippen LogP contribution in [-0.4, -0.2) is 23.5 Å². The first-order valence-electron chi connectivity index (χ1n) is 4.17. The van der Waals surface area contributed by atoms with Crippen molar-refractivity contribution in [2.45, 2.75) is 13.0 Å². The lowest BCUT2D eigenvalue weighted by Crippen LogP contribution is -2.27. The summed E-state index contributed by atoms with van der Waals surface area (Å²) >= 11 is 0. The van der Waals surface area contributed by atoms with Gasteiger partial charge in [-0.2, -0.15) is 0 Å². The van der Waals surface area contributed by atoms with Crippen LogP contribution in [0.15, 0.2) is 12.3 Å². The minimum atomic E-state index is 0.768. The van der Waals surface area contributed by atoms with Gasteiger partial charge in [0.2, 0.25) is 0 Å². The van der Waals surface area contributed by atoms with Crippen LogP contribution >= 0.6 is 0 Å². The van der Waals surface area contributed by atoms with Gasteiger partial charge >= 0.3 is 0 Å². The van der Waals surface area contributed by atoms with E-state index in [0.29, 0.717) is 0 Å². The van der Waals surface area contributed by atoms with Gasteiger partial charge in [-0.1, -0.05) is 0 Å². The van der Waals surface area contributed by atoms with Crippen molar-refractivity contribution in [2.24, 2.45) is 0 Å². The molecular formula is C9H13N3. The molecule has 3 nitrogen and oxygen atoms in total. The highest BCUT2D eigenvalue weighted by molar-refractivity contribution is 5.40. The maximum Gasteiger partial charge on any atom is 0.0504 e. The van der Waals surface area contributed by atoms with Crippen molar-refractivity contribution in [1.29, 1.82) is 0 Å². The Balaban J connectivity index is 2.37. The summed E-state index contributed by atoms with van der Waals surface area (Å²) in [5.41, 5.74) is 8.91. The Morgan fingerprint density at radius 3 is 3.25 bits per heavy atom. The summed E-state index contributed by atoms with van der Waals surface area (Å²) in [6, 6.07) is 2.03. The minimum Gasteiger partial charge on any atom is -0.397 e. The molecule has 0 radical (unpaired) electrons. The molecule has 0 unspecified atom stereocenters. The highest BCUT2D eigenvalue weighted by atomic mass is 15.1. The molecule has 0 fully saturated rings. The molecule has 1 aromatic rings. The van der Waals surface area contributed by atoms with Gasteiger partial charge in [-0.3, -0.25) is 4.98 Å². The van der Waals surface area contributed by atoms with Crippen molar-refractivity contribution in [2.75, 3.05) is 19.3 Å². The molecule has 2 N–H and O–H groups in total. The molecule has 0 amide bonds. The van der Waals surface area contributed by atoms with Gasteiger partial charge in [-0.25, -0.2) is 0 Å². The van der Waals surface area contributed by atoms with Crippen LogP contribution in [0.2, 0.25) is 0 Å². The Kier molecular flexibility index (Phi) is 1.73. The van der Waals surface area contributed by atoms with Crippen LogP contribution in [0.3, 0.4) is 0 Å². The van der Waals surface area contributed by atoms with E-state index in [2.05, 4.69) is 16.9 Å². The monoisotopic (exact) mass is 163 g/mol. The van der Waals surface area contributed by atoms with Crippen molar-refractivity contribution in [3.8, 4) is 0 Å². The zero-order valence-electron chi connectivity index (χ0n) is 7.25. The molecule has 2 heterocycles. The number of hydrogen-bond donors (Lipinski definition) is 1. The Morgan fingerprint density at radius 2 is 2.42 bits per heavy atom. The van der Waals surface area contributed by atoms with Crippen molar-refractivity contribution < 1.29 is 0 Å². The van der Waals surface area contributed by atoms with Gasteiger partial charge in [0.1, 0.15) is 0 Å². The zero-order chi connectivity index (χ0) is 8.55. The number of likely N-dealkylation sites (N-methyl/N-ethyl adjacent to an activating group) is 1. The summed E-state index contributed by atoms with van der Waals surface area (Å²) in [7, 11) is 2.12. The van der Waals surface area contributed by atoms with Crippen molar-refractivity contribution in [3.63, 3.8) is 0 Å². The SMILES string of the molecule is CN1CCc2ncc(N)cc2C1. The molecular weight excluding hydrogens is 150 g/mol. The normalized spacial score (nSPS) is 17.4. The molecule has 0 aliphatic carbocycles. The number of nitrogen functional groups attached to an aromatic ring is 1. The molecule has 0 aromatic carbocycles. The number of rotatable bonds is 0. The summed E-state index contributed by atoms with van der Waals surface area (Å²) in [6.07, 6.45) is 2.79. The highest BCUT2D eigenvalue weighted by Gasteiger charge is 2.13. The number of nitrogens with zero attached hydrogens (tertiary/aromatic N) is 2. The van der Waals surface area contributed by atoms with E-state index in [0.717, 1.165) is 25.2 Å². The highest BCUT2D eigenvalue weighted by Crippen LogP contribution is 2.17. The Morgan fingerprint density at radius 1 is 1.58 bits per heavy atom. The number of fused-ring (bicyclic) bond motifs is 1. The molecule has 1 aliphatic rings. The van der Waals surface area contributed by atoms with Crippen LogP contribution in [0.4, 0.5) is 5.69 Å². The largest absolute Gasteiger partial charge is 0.397 e. The van der Waals surface area contributed by atoms with Crippen LogP contribution < -0.4 is 5.73 Å². The van der Waals surface area contributed by atoms with E-state index in [-0.39, 0.29) is 0 Å². The number of anilines is 1. The quantitative estimate of drug-likeness (QED) is 0.610. The number of pyridine rings is 1. The molecule has 0 atom stereocenters. The Labute approximate surface area is 72.2 Å². The Hall–Kier alpha value is -1.09. The van der Waals surface area contributed by atoms with Gasteiger partial charge in [0.15, 0.2) is 0 Å². The van der Waals surface area contributed by atoms with E-state index in [1.54, 1.807) is 6.20 Å². The second-order valence-corrected chi connectivity index (χ2v) is 3.36. The maximum atomic E-state index is 5.65. The standard InChI is InChI=1S/C9H13N3/c1-12-3-2-9-7(6-12)4-8(10)5-11-9/h4-5H,2-3,6,10H2,1H3. The molecule has 0 bridgehead atoms. The predicted octanol–water partition coefficient (Wildman–Crippen LogP) is 0.652. The molecule has 64 valence electrons. The van der Waals surface area contributed by atoms with Crippen molar-refractivity contribution in [1.82, 2.24) is 9.88 Å². The number of nitrogens with two attached hydrogens (primary N) is 1. The lowest BCUT2D eigenvalue weighted by molar-refractivity contribution is 0.310.